The molecule has 1 fully saturated rings. The van der Waals surface area contributed by atoms with Gasteiger partial charge in [0.2, 0.25) is 0 Å². The Morgan fingerprint density at radius 2 is 2.26 bits per heavy atom. The van der Waals surface area contributed by atoms with E-state index in [1.165, 1.54) is 49.7 Å². The molecule has 1 saturated carbocycles. The van der Waals surface area contributed by atoms with Crippen LogP contribution in [0.1, 0.15) is 43.2 Å². The third-order valence-corrected chi connectivity index (χ3v) is 4.79. The molecule has 19 heavy (non-hydrogen) atoms. The lowest BCUT2D eigenvalue weighted by atomic mass is 9.80. The maximum Gasteiger partial charge on any atom is 0.122 e. The van der Waals surface area contributed by atoms with Crippen LogP contribution in [0.2, 0.25) is 0 Å². The summed E-state index contributed by atoms with van der Waals surface area (Å²) in [7, 11) is 2.11. The van der Waals surface area contributed by atoms with Gasteiger partial charge in [0.05, 0.1) is 6.61 Å². The number of benzene rings is 1. The van der Waals surface area contributed by atoms with Gasteiger partial charge >= 0.3 is 0 Å². The van der Waals surface area contributed by atoms with E-state index in [0.717, 1.165) is 24.7 Å². The van der Waals surface area contributed by atoms with E-state index in [1.54, 1.807) is 0 Å². The summed E-state index contributed by atoms with van der Waals surface area (Å²) >= 11 is 0. The van der Waals surface area contributed by atoms with E-state index >= 15 is 0 Å². The van der Waals surface area contributed by atoms with Crippen molar-refractivity contribution in [2.45, 2.75) is 51.0 Å². The van der Waals surface area contributed by atoms with Crippen LogP contribution in [0.15, 0.2) is 18.2 Å². The number of ether oxygens (including phenoxy) is 1. The Balaban J connectivity index is 1.52. The summed E-state index contributed by atoms with van der Waals surface area (Å²) in [5.74, 6) is 2.09. The van der Waals surface area contributed by atoms with Crippen molar-refractivity contribution in [3.63, 3.8) is 0 Å². The van der Waals surface area contributed by atoms with Gasteiger partial charge in [-0.2, -0.15) is 0 Å². The summed E-state index contributed by atoms with van der Waals surface area (Å²) < 4.78 is 5.56. The molecule has 2 aliphatic rings. The molecule has 0 amide bonds. The van der Waals surface area contributed by atoms with Crippen molar-refractivity contribution in [1.29, 1.82) is 0 Å². The third-order valence-electron chi connectivity index (χ3n) is 4.79. The van der Waals surface area contributed by atoms with E-state index in [0.29, 0.717) is 6.04 Å². The van der Waals surface area contributed by atoms with Crippen LogP contribution in [0.5, 0.6) is 5.75 Å². The maximum atomic E-state index is 5.56. The molecule has 1 aromatic carbocycles. The Morgan fingerprint density at radius 1 is 1.37 bits per heavy atom. The molecule has 0 saturated heterocycles. The van der Waals surface area contributed by atoms with Crippen LogP contribution in [-0.2, 0) is 12.8 Å². The molecule has 1 heterocycles. The molecule has 0 aromatic heterocycles. The van der Waals surface area contributed by atoms with Crippen molar-refractivity contribution in [2.75, 3.05) is 13.7 Å². The molecule has 3 rings (SSSR count). The second-order valence-electron chi connectivity index (χ2n) is 6.10. The summed E-state index contributed by atoms with van der Waals surface area (Å²) in [5, 5.41) is 3.50. The van der Waals surface area contributed by atoms with Crippen LogP contribution in [-0.4, -0.2) is 19.7 Å². The molecule has 1 aromatic rings. The van der Waals surface area contributed by atoms with Crippen molar-refractivity contribution >= 4 is 0 Å². The molecule has 2 heteroatoms. The lowest BCUT2D eigenvalue weighted by Gasteiger charge is -2.29. The first kappa shape index (κ1) is 13.0. The second-order valence-corrected chi connectivity index (χ2v) is 6.10. The highest BCUT2D eigenvalue weighted by atomic mass is 16.5. The standard InChI is InChI=1S/C17H25NO/c1-18-16(12-13-3-2-4-13)7-5-14-6-8-17-15(11-14)9-10-19-17/h6,8,11,13,16,18H,2-5,7,9-10,12H2,1H3. The van der Waals surface area contributed by atoms with E-state index in [2.05, 4.69) is 30.6 Å². The molecule has 1 N–H and O–H groups in total. The summed E-state index contributed by atoms with van der Waals surface area (Å²) in [4.78, 5) is 0. The Morgan fingerprint density at radius 3 is 3.00 bits per heavy atom. The molecular formula is C17H25NO. The maximum absolute atomic E-state index is 5.56. The van der Waals surface area contributed by atoms with E-state index in [-0.39, 0.29) is 0 Å². The minimum atomic E-state index is 0.690. The largest absolute Gasteiger partial charge is 0.493 e. The highest BCUT2D eigenvalue weighted by Gasteiger charge is 2.21. The number of hydrogen-bond acceptors (Lipinski definition) is 2. The summed E-state index contributed by atoms with van der Waals surface area (Å²) in [6.07, 6.45) is 9.25. The minimum Gasteiger partial charge on any atom is -0.493 e. The summed E-state index contributed by atoms with van der Waals surface area (Å²) in [5.41, 5.74) is 2.87. The predicted octanol–water partition coefficient (Wildman–Crippen LogP) is 3.33. The third kappa shape index (κ3) is 3.11. The summed E-state index contributed by atoms with van der Waals surface area (Å²) in [6.45, 7) is 0.861. The molecule has 1 aliphatic carbocycles. The Bertz CT molecular complexity index is 425. The van der Waals surface area contributed by atoms with Crippen LogP contribution >= 0.6 is 0 Å². The molecule has 1 aliphatic heterocycles. The number of rotatable bonds is 6. The van der Waals surface area contributed by atoms with Gasteiger partial charge in [-0.05, 0) is 49.4 Å². The van der Waals surface area contributed by atoms with E-state index in [4.69, 9.17) is 4.74 Å². The highest BCUT2D eigenvalue weighted by Crippen LogP contribution is 2.31. The van der Waals surface area contributed by atoms with Crippen LogP contribution in [0.25, 0.3) is 0 Å². The predicted molar refractivity (Wildman–Crippen MR) is 78.8 cm³/mol. The first-order valence-electron chi connectivity index (χ1n) is 7.77. The zero-order chi connectivity index (χ0) is 13.1. The first-order valence-corrected chi connectivity index (χ1v) is 7.77. The molecule has 0 spiro atoms. The summed E-state index contributed by atoms with van der Waals surface area (Å²) in [6, 6.07) is 7.42. The second kappa shape index (κ2) is 5.96. The normalized spacial score (nSPS) is 19.6. The van der Waals surface area contributed by atoms with Crippen molar-refractivity contribution in [3.05, 3.63) is 29.3 Å². The topological polar surface area (TPSA) is 21.3 Å². The minimum absolute atomic E-state index is 0.690. The van der Waals surface area contributed by atoms with Crippen molar-refractivity contribution in [3.8, 4) is 5.75 Å². The van der Waals surface area contributed by atoms with Crippen molar-refractivity contribution < 1.29 is 4.74 Å². The van der Waals surface area contributed by atoms with Gasteiger partial charge in [-0.3, -0.25) is 0 Å². The van der Waals surface area contributed by atoms with Gasteiger partial charge in [0.15, 0.2) is 0 Å². The van der Waals surface area contributed by atoms with Gasteiger partial charge in [0, 0.05) is 12.5 Å². The molecule has 2 nitrogen and oxygen atoms in total. The molecule has 0 radical (unpaired) electrons. The van der Waals surface area contributed by atoms with Gasteiger partial charge in [-0.15, -0.1) is 0 Å². The quantitative estimate of drug-likeness (QED) is 0.846. The molecule has 104 valence electrons. The van der Waals surface area contributed by atoms with E-state index in [1.807, 2.05) is 0 Å². The zero-order valence-corrected chi connectivity index (χ0v) is 12.0. The fraction of sp³-hybridized carbons (Fsp3) is 0.647. The first-order chi connectivity index (χ1) is 9.35. The number of nitrogens with one attached hydrogen (secondary N) is 1. The Kier molecular flexibility index (Phi) is 4.07. The number of hydrogen-bond donors (Lipinski definition) is 1. The molecular weight excluding hydrogens is 234 g/mol. The molecule has 1 atom stereocenters. The van der Waals surface area contributed by atoms with Gasteiger partial charge in [0.25, 0.3) is 0 Å². The van der Waals surface area contributed by atoms with Crippen LogP contribution in [0.4, 0.5) is 0 Å². The van der Waals surface area contributed by atoms with Gasteiger partial charge < -0.3 is 10.1 Å². The SMILES string of the molecule is CNC(CCc1ccc2c(c1)CCO2)CC1CCC1. The molecule has 0 bridgehead atoms. The average molecular weight is 259 g/mol. The van der Waals surface area contributed by atoms with Crippen LogP contribution in [0.3, 0.4) is 0 Å². The Hall–Kier alpha value is -1.02. The van der Waals surface area contributed by atoms with Crippen LogP contribution < -0.4 is 10.1 Å². The van der Waals surface area contributed by atoms with Gasteiger partial charge in [0.1, 0.15) is 5.75 Å². The van der Waals surface area contributed by atoms with E-state index in [9.17, 15) is 0 Å². The van der Waals surface area contributed by atoms with Crippen LogP contribution in [0, 0.1) is 5.92 Å². The average Bonchev–Trinajstić information content (AvgIpc) is 2.84. The monoisotopic (exact) mass is 259 g/mol. The highest BCUT2D eigenvalue weighted by molar-refractivity contribution is 5.39. The lowest BCUT2D eigenvalue weighted by Crippen LogP contribution is -2.30. The Labute approximate surface area is 116 Å². The lowest BCUT2D eigenvalue weighted by molar-refractivity contribution is 0.259. The number of aryl methyl sites for hydroxylation is 1. The van der Waals surface area contributed by atoms with Gasteiger partial charge in [-0.1, -0.05) is 31.4 Å². The fourth-order valence-corrected chi connectivity index (χ4v) is 3.25. The fourth-order valence-electron chi connectivity index (χ4n) is 3.25. The van der Waals surface area contributed by atoms with Gasteiger partial charge in [-0.25, -0.2) is 0 Å². The molecule has 1 unspecified atom stereocenters. The number of fused-ring (bicyclic) bond motifs is 1. The zero-order valence-electron chi connectivity index (χ0n) is 12.0. The van der Waals surface area contributed by atoms with Crippen molar-refractivity contribution in [1.82, 2.24) is 5.32 Å². The van der Waals surface area contributed by atoms with E-state index < -0.39 is 0 Å². The van der Waals surface area contributed by atoms with Crippen molar-refractivity contribution in [2.24, 2.45) is 5.92 Å². The smallest absolute Gasteiger partial charge is 0.122 e.